The van der Waals surface area contributed by atoms with Crippen LogP contribution in [0.15, 0.2) is 65.7 Å². The maximum absolute atomic E-state index is 12.0. The molecule has 0 saturated heterocycles. The van der Waals surface area contributed by atoms with Crippen molar-refractivity contribution in [2.75, 3.05) is 0 Å². The Morgan fingerprint density at radius 3 is 2.61 bits per heavy atom. The average molecular weight is 529 g/mol. The standard InChI is InChI=1S/C32H36N2O3S/c1-5-6-16-34-26-14-15-28(37-20-24-13-12-23(19-33-24)22-10-8-7-9-11-22)25-17-21(2)38-30(29(25)26)27(34)18-32(3,4)31(35)36/h7-15,19,21H,5-6,16-18,20H2,1-4H3,(H,35,36). The van der Waals surface area contributed by atoms with Gasteiger partial charge in [-0.1, -0.05) is 56.7 Å². The summed E-state index contributed by atoms with van der Waals surface area (Å²) in [5.41, 5.74) is 5.86. The molecule has 0 spiro atoms. The summed E-state index contributed by atoms with van der Waals surface area (Å²) >= 11 is 1.88. The van der Waals surface area contributed by atoms with Gasteiger partial charge in [-0.25, -0.2) is 0 Å². The van der Waals surface area contributed by atoms with Crippen molar-refractivity contribution in [1.29, 1.82) is 0 Å². The largest absolute Gasteiger partial charge is 0.487 e. The summed E-state index contributed by atoms with van der Waals surface area (Å²) in [5, 5.41) is 11.5. The highest BCUT2D eigenvalue weighted by Crippen LogP contribution is 2.48. The zero-order valence-electron chi connectivity index (χ0n) is 22.7. The van der Waals surface area contributed by atoms with Crippen LogP contribution in [0.2, 0.25) is 0 Å². The molecular weight excluding hydrogens is 492 g/mol. The van der Waals surface area contributed by atoms with Crippen LogP contribution in [0.3, 0.4) is 0 Å². The van der Waals surface area contributed by atoms with Crippen molar-refractivity contribution in [3.63, 3.8) is 0 Å². The van der Waals surface area contributed by atoms with Crippen LogP contribution in [0.25, 0.3) is 22.0 Å². The van der Waals surface area contributed by atoms with Gasteiger partial charge in [-0.3, -0.25) is 9.78 Å². The van der Waals surface area contributed by atoms with Gasteiger partial charge in [-0.15, -0.1) is 11.8 Å². The highest BCUT2D eigenvalue weighted by atomic mass is 32.2. The van der Waals surface area contributed by atoms with Crippen LogP contribution in [0.1, 0.15) is 57.5 Å². The molecule has 0 radical (unpaired) electrons. The van der Waals surface area contributed by atoms with Gasteiger partial charge in [0.15, 0.2) is 0 Å². The number of carbonyl (C=O) groups is 1. The molecule has 2 aromatic heterocycles. The number of ether oxygens (including phenoxy) is 1. The van der Waals surface area contributed by atoms with Crippen LogP contribution in [-0.4, -0.2) is 25.9 Å². The number of thioether (sulfide) groups is 1. The molecule has 3 heterocycles. The minimum atomic E-state index is -0.840. The van der Waals surface area contributed by atoms with Gasteiger partial charge < -0.3 is 14.4 Å². The number of carboxylic acids is 1. The van der Waals surface area contributed by atoms with Crippen molar-refractivity contribution in [1.82, 2.24) is 9.55 Å². The lowest BCUT2D eigenvalue weighted by molar-refractivity contribution is -0.146. The van der Waals surface area contributed by atoms with Crippen LogP contribution in [0, 0.1) is 5.41 Å². The Morgan fingerprint density at radius 1 is 1.13 bits per heavy atom. The summed E-state index contributed by atoms with van der Waals surface area (Å²) < 4.78 is 8.78. The molecule has 0 aliphatic carbocycles. The van der Waals surface area contributed by atoms with Gasteiger partial charge in [0.05, 0.1) is 11.1 Å². The summed E-state index contributed by atoms with van der Waals surface area (Å²) in [5.74, 6) is 0.136. The number of pyridine rings is 1. The van der Waals surface area contributed by atoms with Crippen LogP contribution < -0.4 is 4.74 Å². The Morgan fingerprint density at radius 2 is 1.92 bits per heavy atom. The number of aryl methyl sites for hydroxylation is 1. The number of carboxylic acid groups (broad SMARTS) is 1. The minimum Gasteiger partial charge on any atom is -0.487 e. The zero-order valence-corrected chi connectivity index (χ0v) is 23.5. The van der Waals surface area contributed by atoms with Gasteiger partial charge in [-0.2, -0.15) is 0 Å². The Bertz CT molecular complexity index is 1440. The summed E-state index contributed by atoms with van der Waals surface area (Å²) in [6.07, 6.45) is 5.47. The summed E-state index contributed by atoms with van der Waals surface area (Å²) in [7, 11) is 0. The fourth-order valence-electron chi connectivity index (χ4n) is 5.21. The van der Waals surface area contributed by atoms with Crippen LogP contribution >= 0.6 is 11.8 Å². The fraction of sp³-hybridized carbons (Fsp3) is 0.375. The predicted molar refractivity (Wildman–Crippen MR) is 155 cm³/mol. The molecule has 38 heavy (non-hydrogen) atoms. The predicted octanol–water partition coefficient (Wildman–Crippen LogP) is 7.77. The topological polar surface area (TPSA) is 64.4 Å². The van der Waals surface area contributed by atoms with E-state index in [1.807, 2.05) is 56.1 Å². The molecule has 198 valence electrons. The summed E-state index contributed by atoms with van der Waals surface area (Å²) in [6, 6.07) is 18.6. The lowest BCUT2D eigenvalue weighted by Crippen LogP contribution is -2.27. The molecule has 5 rings (SSSR count). The number of aliphatic carboxylic acids is 1. The molecule has 5 nitrogen and oxygen atoms in total. The van der Waals surface area contributed by atoms with E-state index in [1.165, 1.54) is 21.4 Å². The number of unbranched alkanes of at least 4 members (excludes halogenated alkanes) is 1. The molecule has 1 N–H and O–H groups in total. The molecule has 1 aliphatic heterocycles. The van der Waals surface area contributed by atoms with Gasteiger partial charge in [0.1, 0.15) is 12.4 Å². The smallest absolute Gasteiger partial charge is 0.309 e. The highest BCUT2D eigenvalue weighted by molar-refractivity contribution is 8.00. The van der Waals surface area contributed by atoms with Gasteiger partial charge in [0.2, 0.25) is 0 Å². The number of benzene rings is 2. The number of aromatic nitrogens is 2. The normalized spacial score (nSPS) is 15.1. The zero-order chi connectivity index (χ0) is 26.9. The first-order valence-corrected chi connectivity index (χ1v) is 14.4. The molecule has 0 amide bonds. The van der Waals surface area contributed by atoms with E-state index in [9.17, 15) is 9.90 Å². The number of rotatable bonds is 10. The molecule has 1 unspecified atom stereocenters. The van der Waals surface area contributed by atoms with Gasteiger partial charge in [0, 0.05) is 57.0 Å². The van der Waals surface area contributed by atoms with Gasteiger partial charge >= 0.3 is 5.97 Å². The van der Waals surface area contributed by atoms with Crippen molar-refractivity contribution in [3.05, 3.63) is 77.7 Å². The van der Waals surface area contributed by atoms with E-state index in [4.69, 9.17) is 4.74 Å². The first kappa shape index (κ1) is 26.4. The quantitative estimate of drug-likeness (QED) is 0.228. The second kappa shape index (κ2) is 10.9. The molecule has 0 bridgehead atoms. The molecule has 1 aliphatic rings. The van der Waals surface area contributed by atoms with Crippen LogP contribution in [0.5, 0.6) is 5.75 Å². The SMILES string of the molecule is CCCCn1c(CC(C)(C)C(=O)O)c2c3c(c(OCc4ccc(-c5ccccc5)cn4)ccc31)CC(C)S2. The maximum atomic E-state index is 12.0. The third-order valence-corrected chi connectivity index (χ3v) is 8.64. The van der Waals surface area contributed by atoms with Crippen molar-refractivity contribution in [2.24, 2.45) is 5.41 Å². The Kier molecular flexibility index (Phi) is 7.53. The summed E-state index contributed by atoms with van der Waals surface area (Å²) in [4.78, 5) is 17.9. The molecular formula is C32H36N2O3S. The van der Waals surface area contributed by atoms with E-state index >= 15 is 0 Å². The van der Waals surface area contributed by atoms with Crippen molar-refractivity contribution < 1.29 is 14.6 Å². The van der Waals surface area contributed by atoms with Gasteiger partial charge in [0.25, 0.3) is 0 Å². The first-order valence-electron chi connectivity index (χ1n) is 13.5. The minimum absolute atomic E-state index is 0.382. The molecule has 0 fully saturated rings. The van der Waals surface area contributed by atoms with E-state index in [0.717, 1.165) is 54.1 Å². The Balaban J connectivity index is 1.48. The molecule has 6 heteroatoms. The first-order chi connectivity index (χ1) is 18.3. The van der Waals surface area contributed by atoms with Crippen molar-refractivity contribution in [3.8, 4) is 16.9 Å². The second-order valence-electron chi connectivity index (χ2n) is 10.9. The third-order valence-electron chi connectivity index (χ3n) is 7.40. The summed E-state index contributed by atoms with van der Waals surface area (Å²) in [6.45, 7) is 9.39. The van der Waals surface area contributed by atoms with E-state index in [1.54, 1.807) is 0 Å². The number of nitrogens with zero attached hydrogens (tertiary/aromatic N) is 2. The van der Waals surface area contributed by atoms with Gasteiger partial charge in [-0.05, 0) is 50.5 Å². The number of hydrogen-bond acceptors (Lipinski definition) is 4. The number of hydrogen-bond donors (Lipinski definition) is 1. The van der Waals surface area contributed by atoms with E-state index in [0.29, 0.717) is 18.3 Å². The monoisotopic (exact) mass is 528 g/mol. The molecule has 0 saturated carbocycles. The maximum Gasteiger partial charge on any atom is 0.309 e. The Hall–Kier alpha value is -3.25. The van der Waals surface area contributed by atoms with Crippen molar-refractivity contribution in [2.45, 2.75) is 76.7 Å². The van der Waals surface area contributed by atoms with Crippen LogP contribution in [-0.2, 0) is 30.8 Å². The van der Waals surface area contributed by atoms with E-state index in [-0.39, 0.29) is 0 Å². The van der Waals surface area contributed by atoms with Crippen molar-refractivity contribution >= 4 is 28.6 Å². The lowest BCUT2D eigenvalue weighted by atomic mass is 9.88. The average Bonchev–Trinajstić information content (AvgIpc) is 3.19. The Labute approximate surface area is 229 Å². The second-order valence-corrected chi connectivity index (χ2v) is 12.4. The molecule has 4 aromatic rings. The van der Waals surface area contributed by atoms with E-state index < -0.39 is 11.4 Å². The third kappa shape index (κ3) is 5.19. The highest BCUT2D eigenvalue weighted by Gasteiger charge is 2.34. The van der Waals surface area contributed by atoms with E-state index in [2.05, 4.69) is 53.7 Å². The molecule has 1 atom stereocenters. The lowest BCUT2D eigenvalue weighted by Gasteiger charge is -2.24. The fourth-order valence-corrected chi connectivity index (χ4v) is 6.52. The molecule has 2 aromatic carbocycles. The van der Waals surface area contributed by atoms with Crippen LogP contribution in [0.4, 0.5) is 0 Å².